The first-order valence-electron chi connectivity index (χ1n) is 20.7. The van der Waals surface area contributed by atoms with Gasteiger partial charge < -0.3 is 57.6 Å². The molecule has 4 atom stereocenters. The van der Waals surface area contributed by atoms with Crippen LogP contribution in [0.3, 0.4) is 0 Å². The van der Waals surface area contributed by atoms with Gasteiger partial charge in [-0.15, -0.1) is 0 Å². The van der Waals surface area contributed by atoms with Gasteiger partial charge in [0.1, 0.15) is 67.8 Å². The number of likely N-dealkylation sites (N-methyl/N-ethyl adjacent to an activating group) is 1. The number of nitrogens with zero attached hydrogens (tertiary/aromatic N) is 2. The number of hydrogen-bond acceptors (Lipinski definition) is 12. The Hall–Kier alpha value is -6.37. The first-order valence-corrected chi connectivity index (χ1v) is 21.1. The fraction of sp³-hybridized carbons (Fsp3) is 0.422. The molecule has 17 nitrogen and oxygen atoms in total. The average molecular weight is 886 g/mol. The van der Waals surface area contributed by atoms with Crippen LogP contribution in [-0.4, -0.2) is 106 Å². The second-order valence-corrected chi connectivity index (χ2v) is 15.0. The quantitative estimate of drug-likeness (QED) is 0.0550. The zero-order chi connectivity index (χ0) is 45.9. The molecule has 0 fully saturated rings. The molecule has 0 aromatic heterocycles. The Kier molecular flexibility index (Phi) is 19.5. The number of rotatable bonds is 18. The number of nitriles is 1. The second-order valence-electron chi connectivity index (χ2n) is 14.6. The van der Waals surface area contributed by atoms with Gasteiger partial charge in [-0.1, -0.05) is 48.9 Å². The van der Waals surface area contributed by atoms with Crippen LogP contribution in [0.4, 0.5) is 0 Å². The number of halogens is 1. The summed E-state index contributed by atoms with van der Waals surface area (Å²) >= 11 is 6.53. The number of amides is 5. The molecule has 3 aromatic rings. The van der Waals surface area contributed by atoms with Gasteiger partial charge in [-0.25, -0.2) is 0 Å². The highest BCUT2D eigenvalue weighted by Crippen LogP contribution is 2.40. The van der Waals surface area contributed by atoms with E-state index < -0.39 is 53.7 Å². The van der Waals surface area contributed by atoms with Crippen LogP contribution >= 0.6 is 11.6 Å². The lowest BCUT2D eigenvalue weighted by atomic mass is 9.93. The van der Waals surface area contributed by atoms with Crippen molar-refractivity contribution in [2.45, 2.75) is 70.1 Å². The SMILES string of the molecule is CCCCC#CCOc1ccc(C(=O)N[C@@H](CCN)C(=O)N(C)[C@@H]2C(=O)N[C@@H](C)C(=O)N[C@H](C(=O)NCC#N)Cc3ccc(OCCN)c(c3)-c3cc2ccc3OCCN)c(Cl)c1. The van der Waals surface area contributed by atoms with Crippen molar-refractivity contribution >= 4 is 41.1 Å². The van der Waals surface area contributed by atoms with E-state index in [-0.39, 0.29) is 69.4 Å². The van der Waals surface area contributed by atoms with Crippen LogP contribution in [-0.2, 0) is 25.6 Å². The fourth-order valence-electron chi connectivity index (χ4n) is 6.66. The molecule has 4 bridgehead atoms. The van der Waals surface area contributed by atoms with Gasteiger partial charge in [-0.3, -0.25) is 24.0 Å². The highest BCUT2D eigenvalue weighted by atomic mass is 35.5. The first kappa shape index (κ1) is 49.3. The normalized spacial score (nSPS) is 16.3. The molecule has 1 heterocycles. The topological polar surface area (TPSA) is 266 Å². The van der Waals surface area contributed by atoms with Crippen molar-refractivity contribution in [3.63, 3.8) is 0 Å². The zero-order valence-electron chi connectivity index (χ0n) is 35.8. The summed E-state index contributed by atoms with van der Waals surface area (Å²) in [5.41, 5.74) is 19.5. The van der Waals surface area contributed by atoms with Crippen LogP contribution in [0, 0.1) is 23.2 Å². The Morgan fingerprint density at radius 1 is 0.921 bits per heavy atom. The number of carbonyl (C=O) groups excluding carboxylic acids is 5. The van der Waals surface area contributed by atoms with Crippen LogP contribution in [0.15, 0.2) is 54.6 Å². The Bertz CT molecular complexity index is 2200. The highest BCUT2D eigenvalue weighted by Gasteiger charge is 2.36. The molecule has 0 aliphatic carbocycles. The van der Waals surface area contributed by atoms with E-state index in [1.807, 2.05) is 6.07 Å². The van der Waals surface area contributed by atoms with E-state index in [0.717, 1.165) is 24.2 Å². The maximum Gasteiger partial charge on any atom is 0.253 e. The zero-order valence-corrected chi connectivity index (χ0v) is 36.5. The van der Waals surface area contributed by atoms with Crippen LogP contribution < -0.4 is 52.7 Å². The van der Waals surface area contributed by atoms with Gasteiger partial charge in [-0.2, -0.15) is 5.26 Å². The Labute approximate surface area is 372 Å². The number of fused-ring (bicyclic) bond motifs is 5. The maximum absolute atomic E-state index is 14.5. The van der Waals surface area contributed by atoms with E-state index in [4.69, 9.17) is 48.3 Å². The van der Waals surface area contributed by atoms with E-state index in [1.54, 1.807) is 42.5 Å². The summed E-state index contributed by atoms with van der Waals surface area (Å²) in [6.45, 7) is 3.99. The standard InChI is InChI=1S/C45H56ClN9O8/c1-4-5-6-7-8-21-61-31-11-12-32(35(46)27-31)42(57)53-36(15-16-47)45(60)55(3)40-30-10-14-39(63-23-19-50)34(26-30)33-24-29(9-13-38(33)62-22-18-49)25-37(43(58)51-20-17-48)54-41(56)28(2)52-44(40)59/h9-14,24,26-28,36-37,40H,4-6,15-16,18-23,25,47,49-50H2,1-3H3,(H,51,58)(H,52,59)(H,53,57)(H,54,56)/t28-,36-,37-,40-/m0/s1. The third-order valence-corrected chi connectivity index (χ3v) is 10.2. The lowest BCUT2D eigenvalue weighted by molar-refractivity contribution is -0.141. The molecule has 1 aliphatic rings. The second kappa shape index (κ2) is 24.9. The molecule has 0 radical (unpaired) electrons. The fourth-order valence-corrected chi connectivity index (χ4v) is 6.92. The summed E-state index contributed by atoms with van der Waals surface area (Å²) in [6.07, 6.45) is 2.78. The smallest absolute Gasteiger partial charge is 0.253 e. The first-order chi connectivity index (χ1) is 30.4. The lowest BCUT2D eigenvalue weighted by Crippen LogP contribution is -2.56. The Morgan fingerprint density at radius 2 is 1.62 bits per heavy atom. The summed E-state index contributed by atoms with van der Waals surface area (Å²) in [5.74, 6) is 3.69. The third kappa shape index (κ3) is 13.8. The van der Waals surface area contributed by atoms with Crippen LogP contribution in [0.2, 0.25) is 5.02 Å². The lowest BCUT2D eigenvalue weighted by Gasteiger charge is -2.32. The van der Waals surface area contributed by atoms with Crippen molar-refractivity contribution < 1.29 is 38.2 Å². The maximum atomic E-state index is 14.5. The van der Waals surface area contributed by atoms with Crippen molar-refractivity contribution in [3.8, 4) is 46.3 Å². The van der Waals surface area contributed by atoms with Crippen molar-refractivity contribution in [2.24, 2.45) is 17.2 Å². The van der Waals surface area contributed by atoms with Crippen molar-refractivity contribution in [2.75, 3.05) is 53.0 Å². The van der Waals surface area contributed by atoms with Gasteiger partial charge >= 0.3 is 0 Å². The molecule has 3 aromatic carbocycles. The monoisotopic (exact) mass is 885 g/mol. The predicted molar refractivity (Wildman–Crippen MR) is 238 cm³/mol. The molecule has 4 rings (SSSR count). The molecule has 10 N–H and O–H groups in total. The van der Waals surface area contributed by atoms with Gasteiger partial charge in [0.2, 0.25) is 23.6 Å². The third-order valence-electron chi connectivity index (χ3n) is 9.89. The number of hydrogen-bond donors (Lipinski definition) is 7. The Balaban J connectivity index is 1.78. The Morgan fingerprint density at radius 3 is 2.27 bits per heavy atom. The van der Waals surface area contributed by atoms with Crippen LogP contribution in [0.25, 0.3) is 11.1 Å². The minimum Gasteiger partial charge on any atom is -0.492 e. The number of carbonyl (C=O) groups is 5. The van der Waals surface area contributed by atoms with Crippen LogP contribution in [0.5, 0.6) is 17.2 Å². The van der Waals surface area contributed by atoms with Gasteiger partial charge in [0.15, 0.2) is 0 Å². The molecular weight excluding hydrogens is 830 g/mol. The van der Waals surface area contributed by atoms with E-state index in [9.17, 15) is 24.0 Å². The molecule has 5 amide bonds. The number of unbranched alkanes of at least 4 members (excludes halogenated alkanes) is 2. The minimum absolute atomic E-state index is 0.00183. The summed E-state index contributed by atoms with van der Waals surface area (Å²) < 4.78 is 17.8. The van der Waals surface area contributed by atoms with E-state index in [0.29, 0.717) is 39.5 Å². The number of ether oxygens (including phenoxy) is 3. The summed E-state index contributed by atoms with van der Waals surface area (Å²) in [4.78, 5) is 70.8. The van der Waals surface area contributed by atoms with Crippen molar-refractivity contribution in [1.29, 1.82) is 5.26 Å². The highest BCUT2D eigenvalue weighted by molar-refractivity contribution is 6.34. The number of nitrogens with one attached hydrogen (secondary N) is 4. The number of benzene rings is 3. The number of nitrogens with two attached hydrogens (primary N) is 3. The van der Waals surface area contributed by atoms with E-state index in [2.05, 4.69) is 40.0 Å². The molecule has 0 unspecified atom stereocenters. The van der Waals surface area contributed by atoms with Crippen LogP contribution in [0.1, 0.15) is 67.1 Å². The van der Waals surface area contributed by atoms with Gasteiger partial charge in [0.05, 0.1) is 16.7 Å². The predicted octanol–water partition coefficient (Wildman–Crippen LogP) is 2.09. The van der Waals surface area contributed by atoms with E-state index >= 15 is 0 Å². The molecule has 63 heavy (non-hydrogen) atoms. The van der Waals surface area contributed by atoms with Crippen molar-refractivity contribution in [1.82, 2.24) is 26.2 Å². The van der Waals surface area contributed by atoms with Crippen molar-refractivity contribution in [3.05, 3.63) is 76.3 Å². The summed E-state index contributed by atoms with van der Waals surface area (Å²) in [6, 6.07) is 11.4. The molecule has 0 spiro atoms. The molecule has 18 heteroatoms. The molecular formula is C45H56ClN9O8. The van der Waals surface area contributed by atoms with Gasteiger partial charge in [0.25, 0.3) is 5.91 Å². The molecule has 0 saturated carbocycles. The summed E-state index contributed by atoms with van der Waals surface area (Å²) in [5, 5.41) is 19.8. The largest absolute Gasteiger partial charge is 0.492 e. The average Bonchev–Trinajstić information content (AvgIpc) is 3.27. The summed E-state index contributed by atoms with van der Waals surface area (Å²) in [7, 11) is 1.39. The molecule has 336 valence electrons. The van der Waals surface area contributed by atoms with Gasteiger partial charge in [0, 0.05) is 44.1 Å². The molecule has 0 saturated heterocycles. The molecule has 1 aliphatic heterocycles. The van der Waals surface area contributed by atoms with Gasteiger partial charge in [-0.05, 0) is 79.9 Å². The van der Waals surface area contributed by atoms with E-state index in [1.165, 1.54) is 26.1 Å². The minimum atomic E-state index is -1.41.